The number of hydrogen-bond acceptors (Lipinski definition) is 5. The third-order valence-corrected chi connectivity index (χ3v) is 4.61. The quantitative estimate of drug-likeness (QED) is 0.548. The Hall–Kier alpha value is -3.41. The van der Waals surface area contributed by atoms with Crippen LogP contribution >= 0.6 is 0 Å². The molecule has 136 valence electrons. The van der Waals surface area contributed by atoms with Gasteiger partial charge in [0.15, 0.2) is 11.5 Å². The maximum Gasteiger partial charge on any atom is 0.162 e. The molecule has 4 rings (SSSR count). The number of fused-ring (bicyclic) bond motifs is 1. The van der Waals surface area contributed by atoms with Gasteiger partial charge in [0.1, 0.15) is 18.0 Å². The molecule has 0 saturated heterocycles. The van der Waals surface area contributed by atoms with Crippen molar-refractivity contribution in [2.45, 2.75) is 13.8 Å². The first-order chi connectivity index (χ1) is 13.1. The Balaban J connectivity index is 1.95. The Morgan fingerprint density at radius 2 is 1.67 bits per heavy atom. The SMILES string of the molecule is COc1cc2ncnc(-n3ccnc3-c3ccc(C)cc3C)c2cc1OC. The predicted octanol–water partition coefficient (Wildman–Crippen LogP) is 4.12. The first-order valence-electron chi connectivity index (χ1n) is 8.60. The molecule has 2 heterocycles. The smallest absolute Gasteiger partial charge is 0.162 e. The van der Waals surface area contributed by atoms with Gasteiger partial charge in [-0.3, -0.25) is 4.57 Å². The number of aromatic nitrogens is 4. The third kappa shape index (κ3) is 2.89. The summed E-state index contributed by atoms with van der Waals surface area (Å²) in [5.74, 6) is 2.85. The van der Waals surface area contributed by atoms with Crippen molar-refractivity contribution >= 4 is 10.9 Å². The van der Waals surface area contributed by atoms with Crippen LogP contribution in [0.25, 0.3) is 28.1 Å². The van der Waals surface area contributed by atoms with Gasteiger partial charge in [-0.05, 0) is 25.5 Å². The first-order valence-corrected chi connectivity index (χ1v) is 8.60. The van der Waals surface area contributed by atoms with Crippen LogP contribution in [0.1, 0.15) is 11.1 Å². The second-order valence-electron chi connectivity index (χ2n) is 6.36. The second kappa shape index (κ2) is 6.72. The topological polar surface area (TPSA) is 62.1 Å². The van der Waals surface area contributed by atoms with Crippen LogP contribution in [-0.4, -0.2) is 33.7 Å². The number of imidazole rings is 1. The number of hydrogen-bond donors (Lipinski definition) is 0. The molecule has 0 atom stereocenters. The van der Waals surface area contributed by atoms with E-state index in [1.54, 1.807) is 26.7 Å². The first kappa shape index (κ1) is 17.0. The lowest BCUT2D eigenvalue weighted by molar-refractivity contribution is 0.355. The predicted molar refractivity (Wildman–Crippen MR) is 105 cm³/mol. The van der Waals surface area contributed by atoms with Gasteiger partial charge in [-0.15, -0.1) is 0 Å². The average Bonchev–Trinajstić information content (AvgIpc) is 3.15. The van der Waals surface area contributed by atoms with Crippen LogP contribution in [0.2, 0.25) is 0 Å². The standard InChI is InChI=1S/C21H20N4O2/c1-13-5-6-15(14(2)9-13)20-22-7-8-25(20)21-16-10-18(26-3)19(27-4)11-17(16)23-12-24-21/h5-12H,1-4H3. The molecular formula is C21H20N4O2. The Morgan fingerprint density at radius 1 is 0.889 bits per heavy atom. The lowest BCUT2D eigenvalue weighted by atomic mass is 10.1. The van der Waals surface area contributed by atoms with Crippen LogP contribution in [0.5, 0.6) is 11.5 Å². The molecule has 0 aliphatic rings. The number of methoxy groups -OCH3 is 2. The van der Waals surface area contributed by atoms with Gasteiger partial charge in [0.05, 0.1) is 19.7 Å². The highest BCUT2D eigenvalue weighted by Crippen LogP contribution is 2.34. The molecule has 2 aromatic heterocycles. The second-order valence-corrected chi connectivity index (χ2v) is 6.36. The molecule has 27 heavy (non-hydrogen) atoms. The van der Waals surface area contributed by atoms with E-state index in [9.17, 15) is 0 Å². The minimum atomic E-state index is 0.634. The fourth-order valence-corrected chi connectivity index (χ4v) is 3.30. The van der Waals surface area contributed by atoms with E-state index in [0.717, 1.165) is 28.1 Å². The maximum atomic E-state index is 5.46. The number of aryl methyl sites for hydroxylation is 2. The molecule has 0 unspecified atom stereocenters. The van der Waals surface area contributed by atoms with Crippen molar-refractivity contribution in [2.24, 2.45) is 0 Å². The van der Waals surface area contributed by atoms with Crippen molar-refractivity contribution in [3.63, 3.8) is 0 Å². The van der Waals surface area contributed by atoms with Crippen LogP contribution in [0.3, 0.4) is 0 Å². The summed E-state index contributed by atoms with van der Waals surface area (Å²) in [5, 5.41) is 0.860. The van der Waals surface area contributed by atoms with E-state index in [0.29, 0.717) is 11.5 Å². The van der Waals surface area contributed by atoms with E-state index in [-0.39, 0.29) is 0 Å². The molecule has 0 aliphatic carbocycles. The van der Waals surface area contributed by atoms with Crippen molar-refractivity contribution in [2.75, 3.05) is 14.2 Å². The Morgan fingerprint density at radius 3 is 2.41 bits per heavy atom. The average molecular weight is 360 g/mol. The minimum absolute atomic E-state index is 0.634. The number of rotatable bonds is 4. The molecule has 6 nitrogen and oxygen atoms in total. The number of ether oxygens (including phenoxy) is 2. The normalized spacial score (nSPS) is 11.0. The summed E-state index contributed by atoms with van der Waals surface area (Å²) in [7, 11) is 3.23. The number of benzene rings is 2. The van der Waals surface area contributed by atoms with Crippen LogP contribution in [0, 0.1) is 13.8 Å². The molecule has 0 spiro atoms. The van der Waals surface area contributed by atoms with E-state index in [2.05, 4.69) is 47.0 Å². The Labute approximate surface area is 157 Å². The summed E-state index contributed by atoms with van der Waals surface area (Å²) in [6.07, 6.45) is 5.24. The van der Waals surface area contributed by atoms with Gasteiger partial charge in [-0.25, -0.2) is 15.0 Å². The number of nitrogens with zero attached hydrogens (tertiary/aromatic N) is 4. The van der Waals surface area contributed by atoms with Crippen molar-refractivity contribution in [1.82, 2.24) is 19.5 Å². The van der Waals surface area contributed by atoms with Crippen molar-refractivity contribution in [1.29, 1.82) is 0 Å². The van der Waals surface area contributed by atoms with Gasteiger partial charge in [0, 0.05) is 29.4 Å². The lowest BCUT2D eigenvalue weighted by Crippen LogP contribution is -2.03. The van der Waals surface area contributed by atoms with Crippen LogP contribution < -0.4 is 9.47 Å². The van der Waals surface area contributed by atoms with E-state index < -0.39 is 0 Å². The molecule has 0 saturated carbocycles. The molecule has 0 radical (unpaired) electrons. The third-order valence-electron chi connectivity index (χ3n) is 4.61. The molecule has 0 N–H and O–H groups in total. The van der Waals surface area contributed by atoms with Gasteiger partial charge >= 0.3 is 0 Å². The summed E-state index contributed by atoms with van der Waals surface area (Å²) < 4.78 is 12.8. The van der Waals surface area contributed by atoms with Crippen molar-refractivity contribution in [3.8, 4) is 28.7 Å². The van der Waals surface area contributed by atoms with Gasteiger partial charge in [0.25, 0.3) is 0 Å². The largest absolute Gasteiger partial charge is 0.493 e. The van der Waals surface area contributed by atoms with Gasteiger partial charge in [0.2, 0.25) is 0 Å². The van der Waals surface area contributed by atoms with Crippen molar-refractivity contribution < 1.29 is 9.47 Å². The zero-order valence-electron chi connectivity index (χ0n) is 15.7. The lowest BCUT2D eigenvalue weighted by Gasteiger charge is -2.13. The summed E-state index contributed by atoms with van der Waals surface area (Å²) in [5.41, 5.74) is 4.23. The molecule has 0 aliphatic heterocycles. The molecule has 0 fully saturated rings. The van der Waals surface area contributed by atoms with E-state index in [4.69, 9.17) is 9.47 Å². The van der Waals surface area contributed by atoms with Crippen LogP contribution in [0.4, 0.5) is 0 Å². The van der Waals surface area contributed by atoms with Gasteiger partial charge < -0.3 is 9.47 Å². The van der Waals surface area contributed by atoms with Crippen LogP contribution in [-0.2, 0) is 0 Å². The highest BCUT2D eigenvalue weighted by molar-refractivity contribution is 5.89. The van der Waals surface area contributed by atoms with Gasteiger partial charge in [-0.2, -0.15) is 0 Å². The highest BCUT2D eigenvalue weighted by atomic mass is 16.5. The summed E-state index contributed by atoms with van der Waals surface area (Å²) in [6, 6.07) is 10.1. The molecule has 6 heteroatoms. The maximum absolute atomic E-state index is 5.46. The van der Waals surface area contributed by atoms with Gasteiger partial charge in [-0.1, -0.05) is 23.8 Å². The fourth-order valence-electron chi connectivity index (χ4n) is 3.30. The minimum Gasteiger partial charge on any atom is -0.493 e. The summed E-state index contributed by atoms with van der Waals surface area (Å²) >= 11 is 0. The molecular weight excluding hydrogens is 340 g/mol. The Bertz CT molecular complexity index is 1130. The molecule has 2 aromatic carbocycles. The summed E-state index contributed by atoms with van der Waals surface area (Å²) in [6.45, 7) is 4.17. The van der Waals surface area contributed by atoms with E-state index in [1.165, 1.54) is 11.1 Å². The molecule has 0 amide bonds. The van der Waals surface area contributed by atoms with E-state index >= 15 is 0 Å². The zero-order valence-corrected chi connectivity index (χ0v) is 15.7. The van der Waals surface area contributed by atoms with Crippen molar-refractivity contribution in [3.05, 3.63) is 60.2 Å². The Kier molecular flexibility index (Phi) is 4.24. The highest BCUT2D eigenvalue weighted by Gasteiger charge is 2.16. The van der Waals surface area contributed by atoms with E-state index in [1.807, 2.05) is 22.9 Å². The monoisotopic (exact) mass is 360 g/mol. The molecule has 0 bridgehead atoms. The van der Waals surface area contributed by atoms with Crippen LogP contribution in [0.15, 0.2) is 49.1 Å². The fraction of sp³-hybridized carbons (Fsp3) is 0.190. The zero-order chi connectivity index (χ0) is 19.0. The summed E-state index contributed by atoms with van der Waals surface area (Å²) in [4.78, 5) is 13.5. The molecule has 4 aromatic rings.